The van der Waals surface area contributed by atoms with E-state index in [0.29, 0.717) is 0 Å². The molecule has 1 aliphatic rings. The summed E-state index contributed by atoms with van der Waals surface area (Å²) < 4.78 is 2.09. The Morgan fingerprint density at radius 3 is 2.17 bits per heavy atom. The average Bonchev–Trinajstić information content (AvgIpc) is 2.88. The largest absolute Gasteiger partial charge is 0.383 e. The number of aryl methyl sites for hydroxylation is 4. The Hall–Kier alpha value is -3.72. The van der Waals surface area contributed by atoms with Crippen LogP contribution in [0.25, 0.3) is 5.70 Å². The summed E-state index contributed by atoms with van der Waals surface area (Å²) in [6, 6.07) is 22.7. The van der Waals surface area contributed by atoms with Gasteiger partial charge in [-0.15, -0.1) is 6.08 Å². The maximum absolute atomic E-state index is 4.47. The van der Waals surface area contributed by atoms with Crippen molar-refractivity contribution in [3.05, 3.63) is 118 Å². The molecule has 3 heteroatoms. The molecule has 3 aromatic carbocycles. The highest BCUT2D eigenvalue weighted by Crippen LogP contribution is 2.31. The maximum Gasteiger partial charge on any atom is 0.130 e. The minimum absolute atomic E-state index is 0.726. The van der Waals surface area contributed by atoms with Crippen LogP contribution < -0.4 is 10.6 Å². The van der Waals surface area contributed by atoms with Gasteiger partial charge in [-0.2, -0.15) is 0 Å². The van der Waals surface area contributed by atoms with Crippen LogP contribution in [0.15, 0.2) is 78.9 Å². The second kappa shape index (κ2) is 11.1. The molecule has 0 bridgehead atoms. The molecule has 0 aromatic heterocycles. The van der Waals surface area contributed by atoms with E-state index in [0.717, 1.165) is 37.7 Å². The molecule has 1 heterocycles. The summed E-state index contributed by atoms with van der Waals surface area (Å²) in [5.74, 6) is 0. The molecule has 0 aliphatic carbocycles. The minimum atomic E-state index is 0.726. The molecule has 0 spiro atoms. The third kappa shape index (κ3) is 5.35. The first-order valence-corrected chi connectivity index (χ1v) is 12.6. The van der Waals surface area contributed by atoms with Gasteiger partial charge in [0.15, 0.2) is 0 Å². The SMILES string of the molecule is C=[N+]1C(c2c(C)cccc2CNc2ccccc2C)=CC=C[C-]1CNc1c(CC)cccc1CC. The third-order valence-electron chi connectivity index (χ3n) is 6.85. The number of para-hydroxylation sites is 2. The number of nitrogens with one attached hydrogen (secondary N) is 2. The maximum atomic E-state index is 4.47. The highest BCUT2D eigenvalue weighted by molar-refractivity contribution is 5.70. The predicted molar refractivity (Wildman–Crippen MR) is 151 cm³/mol. The summed E-state index contributed by atoms with van der Waals surface area (Å²) in [6.07, 6.45) is 8.51. The molecule has 0 atom stereocenters. The van der Waals surface area contributed by atoms with Gasteiger partial charge < -0.3 is 10.6 Å². The van der Waals surface area contributed by atoms with Crippen molar-refractivity contribution in [1.29, 1.82) is 0 Å². The van der Waals surface area contributed by atoms with E-state index in [-0.39, 0.29) is 0 Å². The average molecular weight is 464 g/mol. The van der Waals surface area contributed by atoms with Crippen LogP contribution in [-0.2, 0) is 19.4 Å². The van der Waals surface area contributed by atoms with Gasteiger partial charge in [-0.3, -0.25) is 4.58 Å². The van der Waals surface area contributed by atoms with Crippen molar-refractivity contribution in [2.45, 2.75) is 47.1 Å². The van der Waals surface area contributed by atoms with E-state index in [1.807, 2.05) is 0 Å². The molecule has 1 aliphatic heterocycles. The molecule has 4 rings (SSSR count). The van der Waals surface area contributed by atoms with E-state index in [1.165, 1.54) is 44.8 Å². The Kier molecular flexibility index (Phi) is 7.77. The van der Waals surface area contributed by atoms with Gasteiger partial charge in [-0.1, -0.05) is 80.6 Å². The summed E-state index contributed by atoms with van der Waals surface area (Å²) in [7, 11) is 0. The highest BCUT2D eigenvalue weighted by Gasteiger charge is 2.22. The summed E-state index contributed by atoms with van der Waals surface area (Å²) in [5, 5.41) is 7.36. The van der Waals surface area contributed by atoms with Gasteiger partial charge >= 0.3 is 0 Å². The van der Waals surface area contributed by atoms with E-state index in [4.69, 9.17) is 0 Å². The second-order valence-electron chi connectivity index (χ2n) is 9.12. The van der Waals surface area contributed by atoms with Crippen LogP contribution in [0.1, 0.15) is 47.2 Å². The second-order valence-corrected chi connectivity index (χ2v) is 9.12. The zero-order valence-corrected chi connectivity index (χ0v) is 21.5. The van der Waals surface area contributed by atoms with Crippen LogP contribution in [0.2, 0.25) is 0 Å². The highest BCUT2D eigenvalue weighted by atomic mass is 15.1. The topological polar surface area (TPSA) is 27.1 Å². The van der Waals surface area contributed by atoms with Crippen molar-refractivity contribution >= 4 is 23.8 Å². The zero-order chi connectivity index (χ0) is 24.8. The molecular formula is C32H37N3. The van der Waals surface area contributed by atoms with Gasteiger partial charge in [0.2, 0.25) is 0 Å². The summed E-state index contributed by atoms with van der Waals surface area (Å²) >= 11 is 0. The number of benzene rings is 3. The van der Waals surface area contributed by atoms with Crippen LogP contribution in [-0.4, -0.2) is 17.8 Å². The number of hydrogen-bond donors (Lipinski definition) is 2. The van der Waals surface area contributed by atoms with E-state index in [1.54, 1.807) is 0 Å². The molecule has 0 radical (unpaired) electrons. The Morgan fingerprint density at radius 2 is 1.46 bits per heavy atom. The van der Waals surface area contributed by atoms with Gasteiger partial charge in [-0.05, 0) is 60.6 Å². The number of anilines is 2. The fourth-order valence-corrected chi connectivity index (χ4v) is 4.81. The number of nitrogens with zero attached hydrogens (tertiary/aromatic N) is 1. The number of hydrogen-bond acceptors (Lipinski definition) is 2. The van der Waals surface area contributed by atoms with Crippen molar-refractivity contribution in [3.63, 3.8) is 0 Å². The lowest BCUT2D eigenvalue weighted by Crippen LogP contribution is -2.25. The lowest BCUT2D eigenvalue weighted by molar-refractivity contribution is -0.397. The molecule has 2 N–H and O–H groups in total. The van der Waals surface area contributed by atoms with Gasteiger partial charge in [0.25, 0.3) is 0 Å². The standard InChI is InChI=1S/C32H37N3/c1-6-25-15-11-16-26(7-2)32(25)34-22-28-18-12-20-30(35(28)5)31-24(4)14-10-17-27(31)21-33-29-19-9-8-13-23(29)3/h8-20,33-34H,5-7,21-22H2,1-4H3. The molecule has 0 saturated carbocycles. The lowest BCUT2D eigenvalue weighted by Gasteiger charge is -2.27. The van der Waals surface area contributed by atoms with Crippen LogP contribution in [0.4, 0.5) is 11.4 Å². The summed E-state index contributed by atoms with van der Waals surface area (Å²) in [6.45, 7) is 14.7. The van der Waals surface area contributed by atoms with E-state index in [2.05, 4.69) is 129 Å². The van der Waals surface area contributed by atoms with Gasteiger partial charge in [0, 0.05) is 23.5 Å². The molecule has 3 nitrogen and oxygen atoms in total. The van der Waals surface area contributed by atoms with Crippen LogP contribution >= 0.6 is 0 Å². The first-order chi connectivity index (χ1) is 17.0. The fourth-order valence-electron chi connectivity index (χ4n) is 4.81. The number of rotatable bonds is 9. The third-order valence-corrected chi connectivity index (χ3v) is 6.85. The van der Waals surface area contributed by atoms with E-state index >= 15 is 0 Å². The Bertz CT molecular complexity index is 1240. The van der Waals surface area contributed by atoms with E-state index < -0.39 is 0 Å². The molecule has 0 amide bonds. The first-order valence-electron chi connectivity index (χ1n) is 12.6. The predicted octanol–water partition coefficient (Wildman–Crippen LogP) is 7.31. The molecule has 35 heavy (non-hydrogen) atoms. The molecule has 0 unspecified atom stereocenters. The van der Waals surface area contributed by atoms with Crippen molar-refractivity contribution < 1.29 is 4.58 Å². The van der Waals surface area contributed by atoms with Crippen molar-refractivity contribution in [1.82, 2.24) is 0 Å². The van der Waals surface area contributed by atoms with Crippen molar-refractivity contribution in [2.75, 3.05) is 17.2 Å². The summed E-state index contributed by atoms with van der Waals surface area (Å²) in [4.78, 5) is 0. The Morgan fingerprint density at radius 1 is 0.800 bits per heavy atom. The van der Waals surface area contributed by atoms with Gasteiger partial charge in [-0.25, -0.2) is 0 Å². The normalized spacial score (nSPS) is 13.1. The minimum Gasteiger partial charge on any atom is -0.383 e. The molecule has 0 fully saturated rings. The van der Waals surface area contributed by atoms with Crippen molar-refractivity contribution in [2.24, 2.45) is 0 Å². The molecule has 180 valence electrons. The lowest BCUT2D eigenvalue weighted by atomic mass is 9.95. The number of allylic oxidation sites excluding steroid dienone is 2. The van der Waals surface area contributed by atoms with Crippen LogP contribution in [0, 0.1) is 19.9 Å². The van der Waals surface area contributed by atoms with E-state index in [9.17, 15) is 0 Å². The van der Waals surface area contributed by atoms with Gasteiger partial charge in [0.05, 0.1) is 13.3 Å². The van der Waals surface area contributed by atoms with Crippen molar-refractivity contribution in [3.8, 4) is 0 Å². The van der Waals surface area contributed by atoms with Gasteiger partial charge in [0.1, 0.15) is 11.7 Å². The molecular weight excluding hydrogens is 426 g/mol. The molecule has 3 aromatic rings. The molecule has 0 saturated heterocycles. The zero-order valence-electron chi connectivity index (χ0n) is 21.5. The summed E-state index contributed by atoms with van der Waals surface area (Å²) in [5.41, 5.74) is 11.3. The van der Waals surface area contributed by atoms with Crippen LogP contribution in [0.5, 0.6) is 0 Å². The smallest absolute Gasteiger partial charge is 0.130 e. The fraction of sp³-hybridized carbons (Fsp3) is 0.250. The quantitative estimate of drug-likeness (QED) is 0.257. The Balaban J connectivity index is 1.55. The monoisotopic (exact) mass is 463 g/mol. The van der Waals surface area contributed by atoms with Crippen LogP contribution in [0.3, 0.4) is 0 Å². The first kappa shape index (κ1) is 24.4. The Labute approximate surface area is 210 Å².